The van der Waals surface area contributed by atoms with Crippen LogP contribution in [0.4, 0.5) is 5.69 Å². The van der Waals surface area contributed by atoms with Crippen LogP contribution in [-0.2, 0) is 11.2 Å². The Morgan fingerprint density at radius 1 is 1.19 bits per heavy atom. The number of amides is 2. The molecule has 5 heteroatoms. The number of nitrogens with zero attached hydrogens (tertiary/aromatic N) is 1. The molecule has 2 aromatic rings. The molecular formula is C21H25N3O2. The maximum Gasteiger partial charge on any atom is 0.251 e. The van der Waals surface area contributed by atoms with Gasteiger partial charge in [-0.05, 0) is 48.9 Å². The van der Waals surface area contributed by atoms with Crippen LogP contribution in [0.5, 0.6) is 0 Å². The molecule has 0 aromatic heterocycles. The molecule has 2 aromatic carbocycles. The van der Waals surface area contributed by atoms with Crippen molar-refractivity contribution in [1.82, 2.24) is 4.90 Å². The summed E-state index contributed by atoms with van der Waals surface area (Å²) in [5, 5.41) is 3.09. The van der Waals surface area contributed by atoms with Crippen molar-refractivity contribution in [3.05, 3.63) is 64.7 Å². The molecule has 1 aliphatic rings. The summed E-state index contributed by atoms with van der Waals surface area (Å²) in [5.41, 5.74) is 9.87. The molecule has 0 bridgehead atoms. The maximum atomic E-state index is 12.7. The van der Waals surface area contributed by atoms with E-state index in [2.05, 4.69) is 17.4 Å². The Bertz CT molecular complexity index is 832. The van der Waals surface area contributed by atoms with E-state index in [9.17, 15) is 9.59 Å². The molecule has 3 N–H and O–H groups in total. The number of benzene rings is 2. The van der Waals surface area contributed by atoms with Crippen LogP contribution in [-0.4, -0.2) is 30.3 Å². The van der Waals surface area contributed by atoms with E-state index in [-0.39, 0.29) is 18.5 Å². The molecule has 26 heavy (non-hydrogen) atoms. The molecular weight excluding hydrogens is 326 g/mol. The van der Waals surface area contributed by atoms with Gasteiger partial charge in [-0.2, -0.15) is 0 Å². The van der Waals surface area contributed by atoms with E-state index in [0.717, 1.165) is 24.8 Å². The highest BCUT2D eigenvalue weighted by molar-refractivity contribution is 6.00. The second-order valence-electron chi connectivity index (χ2n) is 6.83. The number of likely N-dealkylation sites (N-methyl/N-ethyl adjacent to an activating group) is 1. The van der Waals surface area contributed by atoms with Crippen molar-refractivity contribution in [3.8, 4) is 0 Å². The van der Waals surface area contributed by atoms with Crippen molar-refractivity contribution < 1.29 is 9.59 Å². The molecule has 2 amide bonds. The number of carbonyl (C=O) groups is 2. The minimum absolute atomic E-state index is 0.0105. The summed E-state index contributed by atoms with van der Waals surface area (Å²) in [5.74, 6) is -0.503. The number of rotatable bonds is 5. The first kappa shape index (κ1) is 18.0. The standard InChI is InChI=1S/C21H25N3O2/c1-14-7-5-11-17(20(14)21(22)26)23-13-19(25)24(2)18-12-6-9-15-8-3-4-10-16(15)18/h3-5,7-8,10-11,18,23H,6,9,12-13H2,1-2H3,(H2,22,26). The van der Waals surface area contributed by atoms with E-state index in [1.54, 1.807) is 6.07 Å². The van der Waals surface area contributed by atoms with E-state index < -0.39 is 5.91 Å². The normalized spacial score (nSPS) is 15.8. The van der Waals surface area contributed by atoms with Crippen LogP contribution >= 0.6 is 0 Å². The van der Waals surface area contributed by atoms with E-state index in [1.165, 1.54) is 11.1 Å². The number of carbonyl (C=O) groups excluding carboxylic acids is 2. The van der Waals surface area contributed by atoms with Gasteiger partial charge < -0.3 is 16.0 Å². The van der Waals surface area contributed by atoms with Gasteiger partial charge in [0.05, 0.1) is 18.2 Å². The number of hydrogen-bond donors (Lipinski definition) is 2. The summed E-state index contributed by atoms with van der Waals surface area (Å²) in [6, 6.07) is 13.9. The second kappa shape index (κ2) is 7.60. The zero-order valence-electron chi connectivity index (χ0n) is 15.3. The number of nitrogens with two attached hydrogens (primary N) is 1. The average Bonchev–Trinajstić information content (AvgIpc) is 2.64. The fourth-order valence-electron chi connectivity index (χ4n) is 3.74. The minimum Gasteiger partial charge on any atom is -0.375 e. The van der Waals surface area contributed by atoms with Crippen LogP contribution in [0.2, 0.25) is 0 Å². The van der Waals surface area contributed by atoms with Crippen molar-refractivity contribution in [2.24, 2.45) is 5.73 Å². The third kappa shape index (κ3) is 3.57. The summed E-state index contributed by atoms with van der Waals surface area (Å²) >= 11 is 0. The number of aryl methyl sites for hydroxylation is 2. The van der Waals surface area contributed by atoms with Gasteiger partial charge in [-0.25, -0.2) is 0 Å². The van der Waals surface area contributed by atoms with Gasteiger partial charge >= 0.3 is 0 Å². The Morgan fingerprint density at radius 2 is 1.96 bits per heavy atom. The van der Waals surface area contributed by atoms with Crippen molar-refractivity contribution >= 4 is 17.5 Å². The Balaban J connectivity index is 1.72. The Labute approximate surface area is 154 Å². The van der Waals surface area contributed by atoms with Crippen molar-refractivity contribution in [2.45, 2.75) is 32.2 Å². The highest BCUT2D eigenvalue weighted by Gasteiger charge is 2.26. The first-order valence-corrected chi connectivity index (χ1v) is 8.95. The molecule has 136 valence electrons. The molecule has 1 aliphatic carbocycles. The lowest BCUT2D eigenvalue weighted by molar-refractivity contribution is -0.130. The number of nitrogens with one attached hydrogen (secondary N) is 1. The summed E-state index contributed by atoms with van der Waals surface area (Å²) in [6.07, 6.45) is 3.12. The van der Waals surface area contributed by atoms with Gasteiger partial charge in [-0.3, -0.25) is 9.59 Å². The number of primary amides is 1. The fraction of sp³-hybridized carbons (Fsp3) is 0.333. The molecule has 0 aliphatic heterocycles. The molecule has 1 atom stereocenters. The molecule has 0 radical (unpaired) electrons. The first-order valence-electron chi connectivity index (χ1n) is 8.95. The number of fused-ring (bicyclic) bond motifs is 1. The van der Waals surface area contributed by atoms with Gasteiger partial charge in [-0.1, -0.05) is 36.4 Å². The summed E-state index contributed by atoms with van der Waals surface area (Å²) in [4.78, 5) is 26.2. The highest BCUT2D eigenvalue weighted by Crippen LogP contribution is 2.33. The van der Waals surface area contributed by atoms with Gasteiger partial charge in [0.25, 0.3) is 5.91 Å². The van der Waals surface area contributed by atoms with Crippen LogP contribution in [0.25, 0.3) is 0 Å². The Kier molecular flexibility index (Phi) is 5.26. The minimum atomic E-state index is -0.493. The molecule has 5 nitrogen and oxygen atoms in total. The molecule has 0 saturated carbocycles. The third-order valence-electron chi connectivity index (χ3n) is 5.15. The van der Waals surface area contributed by atoms with E-state index in [1.807, 2.05) is 43.1 Å². The van der Waals surface area contributed by atoms with Crippen LogP contribution in [0.15, 0.2) is 42.5 Å². The lowest BCUT2D eigenvalue weighted by Crippen LogP contribution is -2.37. The zero-order chi connectivity index (χ0) is 18.7. The van der Waals surface area contributed by atoms with Crippen LogP contribution in [0.1, 0.15) is 45.9 Å². The van der Waals surface area contributed by atoms with E-state index >= 15 is 0 Å². The number of hydrogen-bond acceptors (Lipinski definition) is 3. The van der Waals surface area contributed by atoms with Crippen LogP contribution in [0, 0.1) is 6.92 Å². The fourth-order valence-corrected chi connectivity index (χ4v) is 3.74. The SMILES string of the molecule is Cc1cccc(NCC(=O)N(C)C2CCCc3ccccc32)c1C(N)=O. The Morgan fingerprint density at radius 3 is 2.73 bits per heavy atom. The van der Waals surface area contributed by atoms with Crippen molar-refractivity contribution in [3.63, 3.8) is 0 Å². The zero-order valence-corrected chi connectivity index (χ0v) is 15.3. The summed E-state index contributed by atoms with van der Waals surface area (Å²) < 4.78 is 0. The van der Waals surface area contributed by atoms with E-state index in [4.69, 9.17) is 5.73 Å². The lowest BCUT2D eigenvalue weighted by Gasteiger charge is -2.33. The van der Waals surface area contributed by atoms with Gasteiger partial charge in [0.15, 0.2) is 0 Å². The smallest absolute Gasteiger partial charge is 0.251 e. The van der Waals surface area contributed by atoms with Crippen molar-refractivity contribution in [2.75, 3.05) is 18.9 Å². The van der Waals surface area contributed by atoms with E-state index in [0.29, 0.717) is 11.3 Å². The van der Waals surface area contributed by atoms with Crippen molar-refractivity contribution in [1.29, 1.82) is 0 Å². The second-order valence-corrected chi connectivity index (χ2v) is 6.83. The van der Waals surface area contributed by atoms with Gasteiger partial charge in [0.2, 0.25) is 5.91 Å². The van der Waals surface area contributed by atoms with Gasteiger partial charge in [0.1, 0.15) is 0 Å². The molecule has 0 spiro atoms. The largest absolute Gasteiger partial charge is 0.375 e. The predicted octanol–water partition coefficient (Wildman–Crippen LogP) is 3.04. The average molecular weight is 351 g/mol. The first-order chi connectivity index (χ1) is 12.5. The van der Waals surface area contributed by atoms with Crippen LogP contribution < -0.4 is 11.1 Å². The molecule has 3 rings (SSSR count). The maximum absolute atomic E-state index is 12.7. The molecule has 1 unspecified atom stereocenters. The lowest BCUT2D eigenvalue weighted by atomic mass is 9.87. The topological polar surface area (TPSA) is 75.4 Å². The summed E-state index contributed by atoms with van der Waals surface area (Å²) in [7, 11) is 1.85. The molecule has 0 heterocycles. The van der Waals surface area contributed by atoms with Crippen LogP contribution in [0.3, 0.4) is 0 Å². The third-order valence-corrected chi connectivity index (χ3v) is 5.15. The predicted molar refractivity (Wildman–Crippen MR) is 103 cm³/mol. The highest BCUT2D eigenvalue weighted by atomic mass is 16.2. The number of anilines is 1. The molecule has 0 fully saturated rings. The monoisotopic (exact) mass is 351 g/mol. The summed E-state index contributed by atoms with van der Waals surface area (Å²) in [6.45, 7) is 1.96. The molecule has 0 saturated heterocycles. The van der Waals surface area contributed by atoms with Gasteiger partial charge in [0, 0.05) is 12.7 Å². The quantitative estimate of drug-likeness (QED) is 0.869. The van der Waals surface area contributed by atoms with Gasteiger partial charge in [-0.15, -0.1) is 0 Å². The Hall–Kier alpha value is -2.82.